The molecule has 4 rings (SSSR count). The highest BCUT2D eigenvalue weighted by Gasteiger charge is 2.21. The van der Waals surface area contributed by atoms with Crippen LogP contribution in [0.25, 0.3) is 11.3 Å². The zero-order valence-electron chi connectivity index (χ0n) is 18.9. The van der Waals surface area contributed by atoms with E-state index >= 15 is 0 Å². The third-order valence-electron chi connectivity index (χ3n) is 5.63. The molecule has 0 spiro atoms. The molecule has 0 bridgehead atoms. The number of nitro benzene ring substituents is 1. The van der Waals surface area contributed by atoms with E-state index < -0.39 is 10.8 Å². The van der Waals surface area contributed by atoms with E-state index in [2.05, 4.69) is 10.5 Å². The summed E-state index contributed by atoms with van der Waals surface area (Å²) in [6.07, 6.45) is 1.94. The van der Waals surface area contributed by atoms with Crippen molar-refractivity contribution in [3.8, 4) is 11.3 Å². The Morgan fingerprint density at radius 2 is 1.83 bits per heavy atom. The summed E-state index contributed by atoms with van der Waals surface area (Å²) in [5, 5.41) is 15.2. The van der Waals surface area contributed by atoms with Crippen LogP contribution in [0.5, 0.6) is 0 Å². The number of carbonyl (C=O) groups excluding carboxylic acids is 1. The van der Waals surface area contributed by atoms with Gasteiger partial charge >= 0.3 is 0 Å². The van der Waals surface area contributed by atoms with Crippen LogP contribution in [0.4, 0.5) is 5.69 Å². The van der Waals surface area contributed by atoms with E-state index in [0.717, 1.165) is 16.7 Å². The van der Waals surface area contributed by atoms with Gasteiger partial charge in [0, 0.05) is 17.7 Å². The largest absolute Gasteiger partial charge is 0.455 e. The number of amides is 1. The zero-order chi connectivity index (χ0) is 24.8. The lowest BCUT2D eigenvalue weighted by atomic mass is 9.90. The number of nitrogens with zero attached hydrogens (tertiary/aromatic N) is 2. The van der Waals surface area contributed by atoms with Gasteiger partial charge in [-0.25, -0.2) is 5.43 Å². The maximum atomic E-state index is 13.1. The molecule has 1 heterocycles. The van der Waals surface area contributed by atoms with E-state index in [1.165, 1.54) is 24.4 Å². The molecule has 0 saturated heterocycles. The number of aryl methyl sites for hydroxylation is 1. The molecule has 0 unspecified atom stereocenters. The summed E-state index contributed by atoms with van der Waals surface area (Å²) in [5.41, 5.74) is 6.15. The van der Waals surface area contributed by atoms with Crippen LogP contribution >= 0.6 is 11.6 Å². The molecule has 35 heavy (non-hydrogen) atoms. The van der Waals surface area contributed by atoms with E-state index in [1.807, 2.05) is 61.5 Å². The molecule has 1 aromatic heterocycles. The predicted octanol–water partition coefficient (Wildman–Crippen LogP) is 6.29. The molecule has 0 aliphatic heterocycles. The minimum atomic E-state index is -0.514. The molecule has 0 radical (unpaired) electrons. The zero-order valence-corrected chi connectivity index (χ0v) is 19.6. The first-order valence-corrected chi connectivity index (χ1v) is 11.3. The first-order chi connectivity index (χ1) is 16.9. The molecular formula is C27H22ClN3O4. The number of benzene rings is 3. The number of nitrogens with one attached hydrogen (secondary N) is 1. The molecule has 0 fully saturated rings. The van der Waals surface area contributed by atoms with E-state index in [9.17, 15) is 14.9 Å². The summed E-state index contributed by atoms with van der Waals surface area (Å²) in [5.74, 6) is 0.172. The van der Waals surface area contributed by atoms with Crippen molar-refractivity contribution in [2.45, 2.75) is 19.3 Å². The van der Waals surface area contributed by atoms with Crippen molar-refractivity contribution >= 4 is 29.4 Å². The van der Waals surface area contributed by atoms with Crippen molar-refractivity contribution in [1.29, 1.82) is 0 Å². The molecule has 0 saturated carbocycles. The fourth-order valence-corrected chi connectivity index (χ4v) is 4.00. The van der Waals surface area contributed by atoms with Gasteiger partial charge in [-0.05, 0) is 48.2 Å². The lowest BCUT2D eigenvalue weighted by molar-refractivity contribution is -0.384. The van der Waals surface area contributed by atoms with Gasteiger partial charge in [-0.2, -0.15) is 5.10 Å². The van der Waals surface area contributed by atoms with Crippen LogP contribution in [-0.4, -0.2) is 17.0 Å². The Kier molecular flexibility index (Phi) is 7.38. The van der Waals surface area contributed by atoms with Gasteiger partial charge in [-0.1, -0.05) is 66.2 Å². The smallest absolute Gasteiger partial charge is 0.270 e. The standard InChI is InChI=1S/C27H22ClN3O4/c1-18-7-5-6-10-20(18)15-24(19-8-3-2-4-9-19)27(32)30-29-17-22-12-14-26(35-22)23-13-11-21(31(33)34)16-25(23)28/h2-14,16-17,24H,15H2,1H3,(H,30,32)/b29-17-/t24-/m1/s1. The molecule has 0 aliphatic rings. The van der Waals surface area contributed by atoms with Crippen molar-refractivity contribution in [2.24, 2.45) is 5.10 Å². The Morgan fingerprint density at radius 3 is 2.54 bits per heavy atom. The Hall–Kier alpha value is -4.23. The van der Waals surface area contributed by atoms with Gasteiger partial charge in [0.15, 0.2) is 0 Å². The fraction of sp³-hybridized carbons (Fsp3) is 0.111. The first kappa shape index (κ1) is 23.9. The van der Waals surface area contributed by atoms with E-state index in [1.54, 1.807) is 12.1 Å². The van der Waals surface area contributed by atoms with E-state index in [4.69, 9.17) is 16.0 Å². The number of hydrogen-bond acceptors (Lipinski definition) is 5. The van der Waals surface area contributed by atoms with Gasteiger partial charge < -0.3 is 4.42 Å². The SMILES string of the molecule is Cc1ccccc1C[C@@H](C(=O)N/N=C\c1ccc(-c2ccc([N+](=O)[O-])cc2Cl)o1)c1ccccc1. The normalized spacial score (nSPS) is 11.9. The number of halogens is 1. The van der Waals surface area contributed by atoms with Gasteiger partial charge in [0.2, 0.25) is 5.91 Å². The molecule has 0 aliphatic carbocycles. The van der Waals surface area contributed by atoms with Crippen LogP contribution in [0, 0.1) is 17.0 Å². The van der Waals surface area contributed by atoms with Gasteiger partial charge in [0.1, 0.15) is 11.5 Å². The Bertz CT molecular complexity index is 1380. The highest BCUT2D eigenvalue weighted by Crippen LogP contribution is 2.32. The fourth-order valence-electron chi connectivity index (χ4n) is 3.73. The maximum Gasteiger partial charge on any atom is 0.270 e. The van der Waals surface area contributed by atoms with E-state index in [0.29, 0.717) is 23.5 Å². The van der Waals surface area contributed by atoms with Crippen molar-refractivity contribution in [2.75, 3.05) is 0 Å². The quantitative estimate of drug-likeness (QED) is 0.179. The second-order valence-corrected chi connectivity index (χ2v) is 8.36. The molecule has 1 atom stereocenters. The minimum absolute atomic E-state index is 0.103. The molecule has 3 aromatic carbocycles. The highest BCUT2D eigenvalue weighted by molar-refractivity contribution is 6.33. The van der Waals surface area contributed by atoms with Gasteiger partial charge in [-0.15, -0.1) is 0 Å². The van der Waals surface area contributed by atoms with Crippen LogP contribution in [-0.2, 0) is 11.2 Å². The number of non-ortho nitro benzene ring substituents is 1. The summed E-state index contributed by atoms with van der Waals surface area (Å²) in [6.45, 7) is 2.03. The number of hydrogen-bond donors (Lipinski definition) is 1. The van der Waals surface area contributed by atoms with Crippen molar-refractivity contribution in [3.63, 3.8) is 0 Å². The molecule has 176 valence electrons. The second-order valence-electron chi connectivity index (χ2n) is 7.95. The summed E-state index contributed by atoms with van der Waals surface area (Å²) >= 11 is 6.18. The Balaban J connectivity index is 1.48. The summed E-state index contributed by atoms with van der Waals surface area (Å²) in [4.78, 5) is 23.5. The lowest BCUT2D eigenvalue weighted by Crippen LogP contribution is -2.27. The number of furan rings is 1. The topological polar surface area (TPSA) is 97.7 Å². The molecule has 7 nitrogen and oxygen atoms in total. The predicted molar refractivity (Wildman–Crippen MR) is 136 cm³/mol. The Morgan fingerprint density at radius 1 is 1.09 bits per heavy atom. The lowest BCUT2D eigenvalue weighted by Gasteiger charge is -2.17. The van der Waals surface area contributed by atoms with Crippen LogP contribution in [0.1, 0.15) is 28.4 Å². The van der Waals surface area contributed by atoms with Crippen LogP contribution in [0.15, 0.2) is 94.4 Å². The van der Waals surface area contributed by atoms with Gasteiger partial charge in [0.25, 0.3) is 5.69 Å². The van der Waals surface area contributed by atoms with Gasteiger partial charge in [0.05, 0.1) is 22.1 Å². The molecular weight excluding hydrogens is 466 g/mol. The molecule has 1 amide bonds. The average Bonchev–Trinajstić information content (AvgIpc) is 3.32. The van der Waals surface area contributed by atoms with Crippen LogP contribution in [0.2, 0.25) is 5.02 Å². The number of nitro groups is 1. The van der Waals surface area contributed by atoms with Crippen molar-refractivity contribution < 1.29 is 14.1 Å². The number of rotatable bonds is 8. The second kappa shape index (κ2) is 10.8. The van der Waals surface area contributed by atoms with E-state index in [-0.39, 0.29) is 16.6 Å². The third-order valence-corrected chi connectivity index (χ3v) is 5.94. The molecule has 8 heteroatoms. The third kappa shape index (κ3) is 5.83. The van der Waals surface area contributed by atoms with Crippen LogP contribution < -0.4 is 5.43 Å². The summed E-state index contributed by atoms with van der Waals surface area (Å²) in [7, 11) is 0. The number of hydrazone groups is 1. The molecule has 4 aromatic rings. The Labute approximate surface area is 207 Å². The van der Waals surface area contributed by atoms with Crippen molar-refractivity contribution in [3.05, 3.63) is 123 Å². The minimum Gasteiger partial charge on any atom is -0.455 e. The summed E-state index contributed by atoms with van der Waals surface area (Å²) in [6, 6.07) is 25.1. The summed E-state index contributed by atoms with van der Waals surface area (Å²) < 4.78 is 5.73. The van der Waals surface area contributed by atoms with Crippen molar-refractivity contribution in [1.82, 2.24) is 5.43 Å². The molecule has 1 N–H and O–H groups in total. The average molecular weight is 488 g/mol. The van der Waals surface area contributed by atoms with Crippen LogP contribution in [0.3, 0.4) is 0 Å². The maximum absolute atomic E-state index is 13.1. The number of carbonyl (C=O) groups is 1. The first-order valence-electron chi connectivity index (χ1n) is 10.9. The monoisotopic (exact) mass is 487 g/mol. The van der Waals surface area contributed by atoms with Gasteiger partial charge in [-0.3, -0.25) is 14.9 Å². The highest BCUT2D eigenvalue weighted by atomic mass is 35.5.